The van der Waals surface area contributed by atoms with Crippen LogP contribution in [0.25, 0.3) is 0 Å². The largest absolute Gasteiger partial charge is 2.00 e. The standard InChI is InChI=1S/C14H15O2.C5H5.Fe/c1-16-14(15)13-11-7-6-10(8-11)12(13)9-4-2-3-5-9;1-2-4-5-3-1;/h2-7,10-13H,8H2,1H3;1-5H;/q2*-1;+2. The Morgan fingerprint density at radius 1 is 1.09 bits per heavy atom. The van der Waals surface area contributed by atoms with Crippen LogP contribution in [-0.4, -0.2) is 13.1 Å². The Hall–Kier alpha value is -1.57. The van der Waals surface area contributed by atoms with Gasteiger partial charge < -0.3 is 4.74 Å². The topological polar surface area (TPSA) is 26.3 Å². The van der Waals surface area contributed by atoms with E-state index in [1.54, 1.807) is 0 Å². The van der Waals surface area contributed by atoms with Gasteiger partial charge in [0.25, 0.3) is 0 Å². The van der Waals surface area contributed by atoms with Gasteiger partial charge in [-0.05, 0) is 24.2 Å². The van der Waals surface area contributed by atoms with Crippen LogP contribution in [0, 0.1) is 17.8 Å². The van der Waals surface area contributed by atoms with Crippen LogP contribution < -0.4 is 0 Å². The van der Waals surface area contributed by atoms with Gasteiger partial charge in [-0.1, -0.05) is 12.2 Å². The van der Waals surface area contributed by atoms with Crippen LogP contribution in [0.15, 0.2) is 66.7 Å². The molecule has 0 saturated heterocycles. The van der Waals surface area contributed by atoms with E-state index in [4.69, 9.17) is 4.74 Å². The van der Waals surface area contributed by atoms with Gasteiger partial charge in [-0.25, -0.2) is 24.3 Å². The zero-order valence-electron chi connectivity index (χ0n) is 12.5. The van der Waals surface area contributed by atoms with Gasteiger partial charge in [0, 0.05) is 0 Å². The summed E-state index contributed by atoms with van der Waals surface area (Å²) < 4.78 is 4.94. The number of carbonyl (C=O) groups excluding carboxylic acids is 1. The maximum Gasteiger partial charge on any atom is 2.00 e. The Morgan fingerprint density at radius 2 is 1.73 bits per heavy atom. The number of rotatable bonds is 2. The zero-order valence-corrected chi connectivity index (χ0v) is 13.6. The van der Waals surface area contributed by atoms with Crippen molar-refractivity contribution in [3.05, 3.63) is 72.3 Å². The molecule has 3 heteroatoms. The van der Waals surface area contributed by atoms with E-state index in [-0.39, 0.29) is 29.0 Å². The fourth-order valence-electron chi connectivity index (χ4n) is 3.67. The van der Waals surface area contributed by atoms with Crippen LogP contribution in [0.1, 0.15) is 17.9 Å². The molecule has 0 N–H and O–H groups in total. The van der Waals surface area contributed by atoms with E-state index in [9.17, 15) is 4.79 Å². The summed E-state index contributed by atoms with van der Waals surface area (Å²) in [6, 6.07) is 18.3. The van der Waals surface area contributed by atoms with Crippen molar-refractivity contribution in [2.45, 2.75) is 12.3 Å². The third-order valence-electron chi connectivity index (χ3n) is 4.56. The van der Waals surface area contributed by atoms with Gasteiger partial charge in [-0.15, -0.1) is 0 Å². The Bertz CT molecular complexity index is 566. The van der Waals surface area contributed by atoms with Crippen LogP contribution in [0.2, 0.25) is 0 Å². The maximum atomic E-state index is 11.9. The Kier molecular flexibility index (Phi) is 5.82. The number of ether oxygens (including phenoxy) is 1. The summed E-state index contributed by atoms with van der Waals surface area (Å²) in [6.45, 7) is 0. The fraction of sp³-hybridized carbons (Fsp3) is 0.316. The molecule has 2 aliphatic rings. The van der Waals surface area contributed by atoms with E-state index in [1.165, 1.54) is 12.7 Å². The molecule has 4 atom stereocenters. The number of esters is 1. The SMILES string of the molecule is COC(=O)C1C2C=CC(C2)C1[c-]1cccc1.[Fe+2].c1cc[cH-]c1. The van der Waals surface area contributed by atoms with Gasteiger partial charge in [0.15, 0.2) is 0 Å². The van der Waals surface area contributed by atoms with Crippen molar-refractivity contribution < 1.29 is 26.6 Å². The molecule has 0 spiro atoms. The van der Waals surface area contributed by atoms with Crippen molar-refractivity contribution in [1.82, 2.24) is 0 Å². The third-order valence-corrected chi connectivity index (χ3v) is 4.56. The van der Waals surface area contributed by atoms with Crippen molar-refractivity contribution in [1.29, 1.82) is 0 Å². The molecule has 2 aromatic rings. The van der Waals surface area contributed by atoms with E-state index < -0.39 is 0 Å². The minimum atomic E-state index is -0.0527. The number of allylic oxidation sites excluding steroid dienone is 2. The van der Waals surface area contributed by atoms with E-state index in [1.807, 2.05) is 42.5 Å². The molecule has 0 heterocycles. The molecule has 4 unspecified atom stereocenters. The summed E-state index contributed by atoms with van der Waals surface area (Å²) in [5.74, 6) is 1.22. The molecule has 2 bridgehead atoms. The summed E-state index contributed by atoms with van der Waals surface area (Å²) in [4.78, 5) is 11.9. The van der Waals surface area contributed by atoms with Gasteiger partial charge in [-0.2, -0.15) is 35.9 Å². The number of hydrogen-bond donors (Lipinski definition) is 0. The summed E-state index contributed by atoms with van der Waals surface area (Å²) in [5.41, 5.74) is 1.28. The van der Waals surface area contributed by atoms with Gasteiger partial charge in [0.05, 0.1) is 13.0 Å². The van der Waals surface area contributed by atoms with Crippen LogP contribution in [-0.2, 0) is 26.6 Å². The molecular formula is C19H20FeO2. The predicted molar refractivity (Wildman–Crippen MR) is 83.1 cm³/mol. The van der Waals surface area contributed by atoms with E-state index in [0.29, 0.717) is 17.8 Å². The van der Waals surface area contributed by atoms with E-state index in [2.05, 4.69) is 24.3 Å². The molecule has 2 nitrogen and oxygen atoms in total. The van der Waals surface area contributed by atoms with Crippen molar-refractivity contribution in [2.24, 2.45) is 17.8 Å². The summed E-state index contributed by atoms with van der Waals surface area (Å²) in [7, 11) is 1.49. The molecular weight excluding hydrogens is 316 g/mol. The van der Waals surface area contributed by atoms with Crippen molar-refractivity contribution in [3.8, 4) is 0 Å². The van der Waals surface area contributed by atoms with Crippen LogP contribution in [0.3, 0.4) is 0 Å². The molecule has 1 saturated carbocycles. The maximum absolute atomic E-state index is 11.9. The molecule has 2 aromatic carbocycles. The smallest absolute Gasteiger partial charge is 0.469 e. The first kappa shape index (κ1) is 16.8. The number of hydrogen-bond acceptors (Lipinski definition) is 2. The van der Waals surface area contributed by atoms with Crippen LogP contribution >= 0.6 is 0 Å². The second-order valence-corrected chi connectivity index (χ2v) is 5.70. The minimum absolute atomic E-state index is 0. The average molecular weight is 336 g/mol. The molecule has 0 radical (unpaired) electrons. The number of fused-ring (bicyclic) bond motifs is 2. The fourth-order valence-corrected chi connectivity index (χ4v) is 3.67. The van der Waals surface area contributed by atoms with E-state index >= 15 is 0 Å². The van der Waals surface area contributed by atoms with Crippen LogP contribution in [0.5, 0.6) is 0 Å². The van der Waals surface area contributed by atoms with Gasteiger partial charge in [-0.3, -0.25) is 4.79 Å². The normalized spacial score (nSPS) is 27.7. The quantitative estimate of drug-likeness (QED) is 0.360. The Morgan fingerprint density at radius 3 is 2.27 bits per heavy atom. The second-order valence-electron chi connectivity index (χ2n) is 5.70. The molecule has 0 aliphatic heterocycles. The molecule has 4 rings (SSSR count). The Balaban J connectivity index is 0.000000253. The first-order chi connectivity index (χ1) is 10.3. The first-order valence-electron chi connectivity index (χ1n) is 7.45. The summed E-state index contributed by atoms with van der Waals surface area (Å²) >= 11 is 0. The number of carbonyl (C=O) groups is 1. The van der Waals surface area contributed by atoms with Crippen molar-refractivity contribution in [3.63, 3.8) is 0 Å². The van der Waals surface area contributed by atoms with Gasteiger partial charge in [0.2, 0.25) is 0 Å². The predicted octanol–water partition coefficient (Wildman–Crippen LogP) is 3.89. The molecule has 0 amide bonds. The second kappa shape index (κ2) is 7.62. The van der Waals surface area contributed by atoms with Gasteiger partial charge in [0.1, 0.15) is 0 Å². The minimum Gasteiger partial charge on any atom is -0.469 e. The summed E-state index contributed by atoms with van der Waals surface area (Å²) in [5, 5.41) is 0. The molecule has 22 heavy (non-hydrogen) atoms. The Labute approximate surface area is 142 Å². The van der Waals surface area contributed by atoms with Crippen molar-refractivity contribution >= 4 is 5.97 Å². The molecule has 2 aliphatic carbocycles. The van der Waals surface area contributed by atoms with E-state index in [0.717, 1.165) is 6.42 Å². The average Bonchev–Trinajstić information content (AvgIpc) is 3.32. The van der Waals surface area contributed by atoms with Crippen molar-refractivity contribution in [2.75, 3.05) is 7.11 Å². The zero-order chi connectivity index (χ0) is 14.7. The molecule has 116 valence electrons. The monoisotopic (exact) mass is 336 g/mol. The number of methoxy groups -OCH3 is 1. The van der Waals surface area contributed by atoms with Crippen LogP contribution in [0.4, 0.5) is 0 Å². The summed E-state index contributed by atoms with van der Waals surface area (Å²) in [6.07, 6.45) is 5.56. The molecule has 1 fully saturated rings. The van der Waals surface area contributed by atoms with Gasteiger partial charge >= 0.3 is 23.0 Å². The third kappa shape index (κ3) is 3.26. The first-order valence-corrected chi connectivity index (χ1v) is 7.45. The molecule has 0 aromatic heterocycles.